The Hall–Kier alpha value is -1.16. The molecule has 0 radical (unpaired) electrons. The van der Waals surface area contributed by atoms with E-state index >= 15 is 0 Å². The molecule has 1 heterocycles. The van der Waals surface area contributed by atoms with Crippen LogP contribution >= 0.6 is 0 Å². The Morgan fingerprint density at radius 2 is 2.21 bits per heavy atom. The van der Waals surface area contributed by atoms with Gasteiger partial charge in [-0.15, -0.1) is 0 Å². The Morgan fingerprint density at radius 1 is 1.50 bits per heavy atom. The molecule has 0 aromatic heterocycles. The predicted octanol–water partition coefficient (Wildman–Crippen LogP) is 0.588. The Morgan fingerprint density at radius 3 is 2.93 bits per heavy atom. The monoisotopic (exact) mass is 198 g/mol. The van der Waals surface area contributed by atoms with E-state index in [0.29, 0.717) is 6.42 Å². The van der Waals surface area contributed by atoms with Gasteiger partial charge in [0.15, 0.2) is 0 Å². The summed E-state index contributed by atoms with van der Waals surface area (Å²) in [6, 6.07) is 0. The average Bonchev–Trinajstić information content (AvgIpc) is 2.01. The van der Waals surface area contributed by atoms with Crippen LogP contribution in [0.25, 0.3) is 0 Å². The molecule has 78 valence electrons. The van der Waals surface area contributed by atoms with Crippen LogP contribution in [0.2, 0.25) is 0 Å². The second-order valence-corrected chi connectivity index (χ2v) is 3.45. The van der Waals surface area contributed by atoms with Gasteiger partial charge in [0.25, 0.3) is 0 Å². The van der Waals surface area contributed by atoms with Crippen molar-refractivity contribution in [2.24, 2.45) is 0 Å². The number of hydrogen-bond acceptors (Lipinski definition) is 4. The summed E-state index contributed by atoms with van der Waals surface area (Å²) in [6.07, 6.45) is 2.58. The van der Waals surface area contributed by atoms with E-state index in [0.717, 1.165) is 0 Å². The summed E-state index contributed by atoms with van der Waals surface area (Å²) in [6.45, 7) is 1.75. The first kappa shape index (κ1) is 10.9. The molecule has 0 aliphatic carbocycles. The van der Waals surface area contributed by atoms with Gasteiger partial charge in [-0.1, -0.05) is 12.2 Å². The van der Waals surface area contributed by atoms with Crippen LogP contribution in [0.4, 0.5) is 0 Å². The number of ketones is 1. The second-order valence-electron chi connectivity index (χ2n) is 3.45. The fourth-order valence-electron chi connectivity index (χ4n) is 1.28. The van der Waals surface area contributed by atoms with Gasteiger partial charge in [0.05, 0.1) is 6.10 Å². The molecule has 0 aromatic rings. The van der Waals surface area contributed by atoms with Gasteiger partial charge in [0, 0.05) is 12.8 Å². The molecule has 0 spiro atoms. The molecule has 1 rings (SSSR count). The van der Waals surface area contributed by atoms with Crippen LogP contribution in [0.15, 0.2) is 12.2 Å². The third-order valence-electron chi connectivity index (χ3n) is 1.94. The Labute approximate surface area is 82.6 Å². The van der Waals surface area contributed by atoms with Crippen molar-refractivity contribution in [3.63, 3.8) is 0 Å². The van der Waals surface area contributed by atoms with Gasteiger partial charge in [-0.05, 0) is 6.92 Å². The molecule has 0 fully saturated rings. The molecule has 0 aromatic carbocycles. The smallest absolute Gasteiger partial charge is 0.313 e. The zero-order valence-electron chi connectivity index (χ0n) is 8.10. The normalized spacial score (nSPS) is 32.1. The summed E-state index contributed by atoms with van der Waals surface area (Å²) in [5, 5.41) is 9.31. The van der Waals surface area contributed by atoms with E-state index in [1.165, 1.54) is 0 Å². The van der Waals surface area contributed by atoms with Gasteiger partial charge in [-0.2, -0.15) is 0 Å². The van der Waals surface area contributed by atoms with Crippen LogP contribution in [0.1, 0.15) is 26.2 Å². The maximum Gasteiger partial charge on any atom is 0.313 e. The first-order chi connectivity index (χ1) is 6.58. The highest BCUT2D eigenvalue weighted by molar-refractivity contribution is 5.95. The first-order valence-electron chi connectivity index (χ1n) is 4.64. The molecule has 1 N–H and O–H groups in total. The lowest BCUT2D eigenvalue weighted by Gasteiger charge is -2.13. The number of carbonyl (C=O) groups excluding carboxylic acids is 2. The van der Waals surface area contributed by atoms with E-state index < -0.39 is 12.1 Å². The zero-order chi connectivity index (χ0) is 10.6. The minimum Gasteiger partial charge on any atom is -0.462 e. The highest BCUT2D eigenvalue weighted by Gasteiger charge is 2.17. The number of aliphatic hydroxyl groups excluding tert-OH is 1. The highest BCUT2D eigenvalue weighted by atomic mass is 16.5. The van der Waals surface area contributed by atoms with Crippen molar-refractivity contribution in [3.8, 4) is 0 Å². The van der Waals surface area contributed by atoms with Crippen LogP contribution in [-0.2, 0) is 14.3 Å². The van der Waals surface area contributed by atoms with Crippen LogP contribution in [0, 0.1) is 0 Å². The van der Waals surface area contributed by atoms with Crippen molar-refractivity contribution < 1.29 is 19.4 Å². The fraction of sp³-hybridized carbons (Fsp3) is 0.600. The van der Waals surface area contributed by atoms with E-state index in [2.05, 4.69) is 0 Å². The number of esters is 1. The summed E-state index contributed by atoms with van der Waals surface area (Å²) in [5.74, 6) is -0.800. The molecule has 0 saturated carbocycles. The van der Waals surface area contributed by atoms with Crippen LogP contribution in [0.3, 0.4) is 0 Å². The minimum absolute atomic E-state index is 0.0139. The largest absolute Gasteiger partial charge is 0.462 e. The lowest BCUT2D eigenvalue weighted by molar-refractivity contribution is -0.150. The topological polar surface area (TPSA) is 63.6 Å². The summed E-state index contributed by atoms with van der Waals surface area (Å²) in [7, 11) is 0. The van der Waals surface area contributed by atoms with Crippen molar-refractivity contribution in [2.75, 3.05) is 0 Å². The number of Topliss-reactive ketones (excluding diaryl/α,β-unsaturated/α-hetero) is 1. The molecule has 14 heavy (non-hydrogen) atoms. The minimum atomic E-state index is -0.777. The Bertz CT molecular complexity index is 257. The van der Waals surface area contributed by atoms with Crippen LogP contribution in [-0.4, -0.2) is 29.1 Å². The summed E-state index contributed by atoms with van der Waals surface area (Å²) < 4.78 is 4.94. The van der Waals surface area contributed by atoms with E-state index in [9.17, 15) is 14.7 Å². The number of carbonyl (C=O) groups is 2. The van der Waals surface area contributed by atoms with Crippen molar-refractivity contribution in [3.05, 3.63) is 12.2 Å². The average molecular weight is 198 g/mol. The third kappa shape index (κ3) is 3.70. The first-order valence-corrected chi connectivity index (χ1v) is 4.64. The quantitative estimate of drug-likeness (QED) is 0.351. The predicted molar refractivity (Wildman–Crippen MR) is 49.6 cm³/mol. The molecule has 4 heteroatoms. The summed E-state index contributed by atoms with van der Waals surface area (Å²) in [5.41, 5.74) is 0. The van der Waals surface area contributed by atoms with Crippen LogP contribution in [0.5, 0.6) is 0 Å². The van der Waals surface area contributed by atoms with Gasteiger partial charge in [-0.25, -0.2) is 0 Å². The number of hydrogen-bond donors (Lipinski definition) is 1. The number of cyclic esters (lactones) is 1. The molecular weight excluding hydrogens is 184 g/mol. The van der Waals surface area contributed by atoms with Gasteiger partial charge in [0.2, 0.25) is 0 Å². The van der Waals surface area contributed by atoms with Crippen molar-refractivity contribution in [1.82, 2.24) is 0 Å². The van der Waals surface area contributed by atoms with E-state index in [1.807, 2.05) is 0 Å². The molecule has 1 aliphatic heterocycles. The molecule has 4 nitrogen and oxygen atoms in total. The van der Waals surface area contributed by atoms with E-state index in [1.54, 1.807) is 19.1 Å². The van der Waals surface area contributed by atoms with Crippen molar-refractivity contribution in [1.29, 1.82) is 0 Å². The number of rotatable bonds is 0. The number of ether oxygens (including phenoxy) is 1. The van der Waals surface area contributed by atoms with E-state index in [-0.39, 0.29) is 24.7 Å². The summed E-state index contributed by atoms with van der Waals surface area (Å²) in [4.78, 5) is 22.2. The van der Waals surface area contributed by atoms with Gasteiger partial charge in [-0.3, -0.25) is 9.59 Å². The summed E-state index contributed by atoms with van der Waals surface area (Å²) >= 11 is 0. The number of aliphatic hydroxyl groups is 1. The Kier molecular flexibility index (Phi) is 3.83. The van der Waals surface area contributed by atoms with Crippen molar-refractivity contribution in [2.45, 2.75) is 38.4 Å². The third-order valence-corrected chi connectivity index (χ3v) is 1.94. The standard InChI is InChI=1S/C10H14O4/c1-7-3-2-4-8(11)5-9(12)6-10(13)14-7/h2,4,7-8,11H,3,5-6H2,1H3/b4-2-/t7-,8?/m1/s1. The molecule has 1 aliphatic rings. The maximum absolute atomic E-state index is 11.1. The van der Waals surface area contributed by atoms with Gasteiger partial charge >= 0.3 is 5.97 Å². The van der Waals surface area contributed by atoms with Gasteiger partial charge < -0.3 is 9.84 Å². The fourth-order valence-corrected chi connectivity index (χ4v) is 1.28. The Balaban J connectivity index is 2.65. The molecule has 2 atom stereocenters. The lowest BCUT2D eigenvalue weighted by atomic mass is 10.1. The molecule has 0 bridgehead atoms. The molecular formula is C10H14O4. The van der Waals surface area contributed by atoms with Crippen LogP contribution < -0.4 is 0 Å². The SMILES string of the molecule is C[C@@H]1C/C=C\C(O)CC(=O)CC(=O)O1. The highest BCUT2D eigenvalue weighted by Crippen LogP contribution is 2.07. The van der Waals surface area contributed by atoms with Crippen molar-refractivity contribution >= 4 is 11.8 Å². The molecule has 0 amide bonds. The maximum atomic E-state index is 11.1. The molecule has 0 saturated heterocycles. The zero-order valence-corrected chi connectivity index (χ0v) is 8.10. The second kappa shape index (κ2) is 4.91. The molecule has 1 unspecified atom stereocenters. The van der Waals surface area contributed by atoms with E-state index in [4.69, 9.17) is 4.74 Å². The van der Waals surface area contributed by atoms with Gasteiger partial charge in [0.1, 0.15) is 18.3 Å². The lowest BCUT2D eigenvalue weighted by Crippen LogP contribution is -2.21.